The molecule has 0 radical (unpaired) electrons. The van der Waals surface area contributed by atoms with E-state index in [2.05, 4.69) is 25.9 Å². The first-order chi connectivity index (χ1) is 16.0. The van der Waals surface area contributed by atoms with Crippen molar-refractivity contribution in [2.24, 2.45) is 0 Å². The number of carbonyl (C=O) groups excluding carboxylic acids is 2. The molecule has 1 unspecified atom stereocenters. The fourth-order valence-corrected chi connectivity index (χ4v) is 5.65. The molecular weight excluding hydrogens is 447 g/mol. The molecule has 33 heavy (non-hydrogen) atoms. The Hall–Kier alpha value is -3.40. The van der Waals surface area contributed by atoms with Crippen molar-refractivity contribution in [1.82, 2.24) is 9.55 Å². The van der Waals surface area contributed by atoms with E-state index in [9.17, 15) is 9.59 Å². The quantitative estimate of drug-likeness (QED) is 0.189. The van der Waals surface area contributed by atoms with Crippen LogP contribution in [0, 0.1) is 0 Å². The van der Waals surface area contributed by atoms with Crippen molar-refractivity contribution in [3.8, 4) is 10.6 Å². The summed E-state index contributed by atoms with van der Waals surface area (Å²) >= 11 is 1.62. The summed E-state index contributed by atoms with van der Waals surface area (Å²) in [5.41, 5.74) is 3.97. The van der Waals surface area contributed by atoms with E-state index in [0.717, 1.165) is 42.7 Å². The molecule has 0 spiro atoms. The monoisotopic (exact) mass is 466 g/mol. The van der Waals surface area contributed by atoms with Gasteiger partial charge in [-0.2, -0.15) is 0 Å². The standard InChI is InChI=1S/C27H19N2O2PS/c1-2-29-18(14-23-26(29)28-27(33-23)15-7-9-19(32)10-8-15)13-22-24(30)20-11-16-5-3-4-6-17(16)12-21(20)25(22)31/h3-14H,2,32H2,1H3. The molecular formula is C27H19N2O2PS. The number of carbonyl (C=O) groups is 2. The summed E-state index contributed by atoms with van der Waals surface area (Å²) in [5.74, 6) is -0.418. The third kappa shape index (κ3) is 3.19. The maximum absolute atomic E-state index is 13.2. The van der Waals surface area contributed by atoms with Gasteiger partial charge in [0.2, 0.25) is 0 Å². The lowest BCUT2D eigenvalue weighted by molar-refractivity contribution is 0.0990. The van der Waals surface area contributed by atoms with Crippen molar-refractivity contribution in [2.45, 2.75) is 13.5 Å². The van der Waals surface area contributed by atoms with E-state index in [1.165, 1.54) is 0 Å². The van der Waals surface area contributed by atoms with Gasteiger partial charge >= 0.3 is 0 Å². The number of ketones is 2. The predicted octanol–water partition coefficient (Wildman–Crippen LogP) is 5.90. The number of aryl methyl sites for hydroxylation is 1. The SMILES string of the molecule is CCn1c(C=C2C(=O)c3cc4ccccc4cc3C2=O)cc2sc(-c3ccc(P)cc3)nc21. The third-order valence-corrected chi connectivity index (χ3v) is 7.54. The van der Waals surface area contributed by atoms with Crippen molar-refractivity contribution >= 4 is 64.6 Å². The van der Waals surface area contributed by atoms with Crippen LogP contribution in [0.3, 0.4) is 0 Å². The first kappa shape index (κ1) is 20.2. The van der Waals surface area contributed by atoms with E-state index in [-0.39, 0.29) is 17.1 Å². The highest BCUT2D eigenvalue weighted by atomic mass is 32.1. The van der Waals surface area contributed by atoms with Crippen molar-refractivity contribution in [3.63, 3.8) is 0 Å². The second-order valence-corrected chi connectivity index (χ2v) is 9.80. The lowest BCUT2D eigenvalue weighted by atomic mass is 10.0. The summed E-state index contributed by atoms with van der Waals surface area (Å²) < 4.78 is 3.10. The van der Waals surface area contributed by atoms with Crippen molar-refractivity contribution in [2.75, 3.05) is 0 Å². The molecule has 160 valence electrons. The van der Waals surface area contributed by atoms with Gasteiger partial charge in [-0.25, -0.2) is 4.98 Å². The summed E-state index contributed by atoms with van der Waals surface area (Å²) in [6.45, 7) is 2.73. The molecule has 0 saturated heterocycles. The summed E-state index contributed by atoms with van der Waals surface area (Å²) in [6, 6.07) is 21.7. The molecule has 0 N–H and O–H groups in total. The van der Waals surface area contributed by atoms with Crippen LogP contribution in [0.15, 0.2) is 72.3 Å². The van der Waals surface area contributed by atoms with Crippen molar-refractivity contribution in [3.05, 3.63) is 89.1 Å². The number of Topliss-reactive ketones (excluding diaryl/α,β-unsaturated/α-hetero) is 2. The molecule has 1 aliphatic carbocycles. The van der Waals surface area contributed by atoms with E-state index >= 15 is 0 Å². The van der Waals surface area contributed by atoms with Gasteiger partial charge < -0.3 is 4.57 Å². The summed E-state index contributed by atoms with van der Waals surface area (Å²) in [5, 5.41) is 4.01. The molecule has 6 heteroatoms. The molecule has 0 saturated carbocycles. The van der Waals surface area contributed by atoms with Gasteiger partial charge in [-0.05, 0) is 47.3 Å². The molecule has 0 aliphatic heterocycles. The highest BCUT2D eigenvalue weighted by Gasteiger charge is 2.33. The highest BCUT2D eigenvalue weighted by Crippen LogP contribution is 2.35. The van der Waals surface area contributed by atoms with Crippen LogP contribution in [0.1, 0.15) is 33.3 Å². The lowest BCUT2D eigenvalue weighted by Gasteiger charge is -2.04. The average molecular weight is 467 g/mol. The number of aromatic nitrogens is 2. The van der Waals surface area contributed by atoms with Crippen molar-refractivity contribution in [1.29, 1.82) is 0 Å². The second kappa shape index (κ2) is 7.58. The van der Waals surface area contributed by atoms with Crippen LogP contribution < -0.4 is 5.30 Å². The van der Waals surface area contributed by atoms with E-state index in [4.69, 9.17) is 4.98 Å². The number of rotatable bonds is 3. The fraction of sp³-hybridized carbons (Fsp3) is 0.0741. The Bertz CT molecular complexity index is 1580. The van der Waals surface area contributed by atoms with E-state index in [1.54, 1.807) is 17.4 Å². The van der Waals surface area contributed by atoms with E-state index in [1.807, 2.05) is 61.5 Å². The molecule has 1 atom stereocenters. The zero-order valence-corrected chi connectivity index (χ0v) is 19.8. The Kier molecular flexibility index (Phi) is 4.65. The molecule has 0 amide bonds. The molecule has 0 bridgehead atoms. The molecule has 2 heterocycles. The number of fused-ring (bicyclic) bond motifs is 3. The Morgan fingerprint density at radius 1 is 0.939 bits per heavy atom. The van der Waals surface area contributed by atoms with Gasteiger partial charge in [0, 0.05) is 28.9 Å². The molecule has 0 fully saturated rings. The fourth-order valence-electron chi connectivity index (χ4n) is 4.44. The van der Waals surface area contributed by atoms with Gasteiger partial charge in [0.05, 0.1) is 10.3 Å². The lowest BCUT2D eigenvalue weighted by Crippen LogP contribution is -2.03. The van der Waals surface area contributed by atoms with Gasteiger partial charge in [0.15, 0.2) is 17.2 Å². The number of thiazole rings is 1. The molecule has 3 aromatic carbocycles. The second-order valence-electron chi connectivity index (χ2n) is 8.10. The van der Waals surface area contributed by atoms with Crippen LogP contribution in [0.4, 0.5) is 0 Å². The topological polar surface area (TPSA) is 52.0 Å². The maximum Gasteiger partial charge on any atom is 0.197 e. The summed E-state index contributed by atoms with van der Waals surface area (Å²) in [6.07, 6.45) is 1.73. The zero-order chi connectivity index (χ0) is 22.7. The third-order valence-electron chi connectivity index (χ3n) is 6.11. The van der Waals surface area contributed by atoms with Crippen LogP contribution in [0.25, 0.3) is 37.8 Å². The van der Waals surface area contributed by atoms with Gasteiger partial charge in [0.1, 0.15) is 5.01 Å². The Balaban J connectivity index is 1.44. The van der Waals surface area contributed by atoms with Crippen LogP contribution in [0.5, 0.6) is 0 Å². The Labute approximate surface area is 196 Å². The minimum absolute atomic E-state index is 0.209. The largest absolute Gasteiger partial charge is 0.325 e. The van der Waals surface area contributed by atoms with Gasteiger partial charge in [-0.3, -0.25) is 9.59 Å². The predicted molar refractivity (Wildman–Crippen MR) is 139 cm³/mol. The Morgan fingerprint density at radius 2 is 1.58 bits per heavy atom. The van der Waals surface area contributed by atoms with Gasteiger partial charge in [-0.1, -0.05) is 48.5 Å². The van der Waals surface area contributed by atoms with E-state index in [0.29, 0.717) is 17.7 Å². The first-order valence-corrected chi connectivity index (χ1v) is 12.1. The molecule has 5 aromatic rings. The zero-order valence-electron chi connectivity index (χ0n) is 17.8. The van der Waals surface area contributed by atoms with Gasteiger partial charge in [0.25, 0.3) is 0 Å². The Morgan fingerprint density at radius 3 is 2.18 bits per heavy atom. The summed E-state index contributed by atoms with van der Waals surface area (Å²) in [4.78, 5) is 31.2. The highest BCUT2D eigenvalue weighted by molar-refractivity contribution is 7.27. The normalized spacial score (nSPS) is 13.3. The number of benzene rings is 3. The van der Waals surface area contributed by atoms with Crippen LogP contribution in [-0.4, -0.2) is 21.1 Å². The minimum Gasteiger partial charge on any atom is -0.325 e. The molecule has 6 rings (SSSR count). The number of nitrogens with zero attached hydrogens (tertiary/aromatic N) is 2. The maximum atomic E-state index is 13.2. The van der Waals surface area contributed by atoms with Crippen molar-refractivity contribution < 1.29 is 9.59 Å². The average Bonchev–Trinajstić information content (AvgIpc) is 3.44. The van der Waals surface area contributed by atoms with E-state index < -0.39 is 0 Å². The van der Waals surface area contributed by atoms with Gasteiger partial charge in [-0.15, -0.1) is 20.6 Å². The smallest absolute Gasteiger partial charge is 0.197 e. The van der Waals surface area contributed by atoms with Crippen LogP contribution in [-0.2, 0) is 6.54 Å². The number of hydrogen-bond donors (Lipinski definition) is 0. The van der Waals surface area contributed by atoms with Crippen LogP contribution >= 0.6 is 20.6 Å². The molecule has 1 aliphatic rings. The number of allylic oxidation sites excluding steroid dienone is 1. The number of hydrogen-bond acceptors (Lipinski definition) is 4. The molecule has 2 aromatic heterocycles. The molecule has 4 nitrogen and oxygen atoms in total. The summed E-state index contributed by atoms with van der Waals surface area (Å²) in [7, 11) is 2.69. The van der Waals surface area contributed by atoms with Crippen LogP contribution in [0.2, 0.25) is 0 Å². The first-order valence-electron chi connectivity index (χ1n) is 10.7. The minimum atomic E-state index is -0.209.